The first kappa shape index (κ1) is 18.8. The van der Waals surface area contributed by atoms with Crippen LogP contribution < -0.4 is 0 Å². The Morgan fingerprint density at radius 2 is 1.96 bits per heavy atom. The zero-order chi connectivity index (χ0) is 18.2. The maximum atomic E-state index is 12.9. The van der Waals surface area contributed by atoms with Gasteiger partial charge in [0.25, 0.3) is 0 Å². The molecule has 2 aliphatic rings. The SMILES string of the molecule is COC(=O)C1CCN([C@@H]2CS(=O)(=O)C[C@H]2S(=O)(=O)c2cccs2)CC1. The first-order chi connectivity index (χ1) is 11.7. The van der Waals surface area contributed by atoms with Crippen LogP contribution in [-0.2, 0) is 29.2 Å². The van der Waals surface area contributed by atoms with E-state index in [1.807, 2.05) is 4.90 Å². The van der Waals surface area contributed by atoms with Crippen LogP contribution in [0.3, 0.4) is 0 Å². The van der Waals surface area contributed by atoms with Gasteiger partial charge in [0.1, 0.15) is 4.21 Å². The van der Waals surface area contributed by atoms with Crippen LogP contribution in [0.15, 0.2) is 21.7 Å². The Hall–Kier alpha value is -0.970. The summed E-state index contributed by atoms with van der Waals surface area (Å²) in [5.41, 5.74) is 0. The second-order valence-corrected chi connectivity index (χ2v) is 12.0. The lowest BCUT2D eigenvalue weighted by molar-refractivity contribution is -0.147. The van der Waals surface area contributed by atoms with Gasteiger partial charge in [-0.1, -0.05) is 6.07 Å². The molecule has 3 rings (SSSR count). The largest absolute Gasteiger partial charge is 0.469 e. The molecule has 0 unspecified atom stereocenters. The lowest BCUT2D eigenvalue weighted by Crippen LogP contribution is -2.50. The first-order valence-corrected chi connectivity index (χ1v) is 12.3. The van der Waals surface area contributed by atoms with Crippen LogP contribution in [0.2, 0.25) is 0 Å². The molecule has 0 bridgehead atoms. The molecular formula is C15H21NO6S3. The molecular weight excluding hydrogens is 386 g/mol. The number of hydrogen-bond donors (Lipinski definition) is 0. The van der Waals surface area contributed by atoms with Gasteiger partial charge in [-0.25, -0.2) is 16.8 Å². The van der Waals surface area contributed by atoms with Crippen LogP contribution in [0, 0.1) is 5.92 Å². The van der Waals surface area contributed by atoms with E-state index in [0.29, 0.717) is 25.9 Å². The molecule has 0 aliphatic carbocycles. The van der Waals surface area contributed by atoms with Crippen LogP contribution in [0.25, 0.3) is 0 Å². The van der Waals surface area contributed by atoms with Crippen molar-refractivity contribution < 1.29 is 26.4 Å². The summed E-state index contributed by atoms with van der Waals surface area (Å²) in [6.07, 6.45) is 1.10. The van der Waals surface area contributed by atoms with E-state index in [9.17, 15) is 21.6 Å². The fourth-order valence-corrected chi connectivity index (χ4v) is 9.70. The van der Waals surface area contributed by atoms with Gasteiger partial charge in [0.05, 0.1) is 29.8 Å². The van der Waals surface area contributed by atoms with Crippen LogP contribution >= 0.6 is 11.3 Å². The molecule has 3 heterocycles. The maximum Gasteiger partial charge on any atom is 0.308 e. The summed E-state index contributed by atoms with van der Waals surface area (Å²) in [6.45, 7) is 0.993. The van der Waals surface area contributed by atoms with Crippen molar-refractivity contribution in [3.8, 4) is 0 Å². The van der Waals surface area contributed by atoms with E-state index in [1.54, 1.807) is 11.4 Å². The molecule has 0 spiro atoms. The van der Waals surface area contributed by atoms with Crippen molar-refractivity contribution >= 4 is 37.0 Å². The molecule has 2 atom stereocenters. The standard InChI is InChI=1S/C15H21NO6S3/c1-22-15(17)11-4-6-16(7-5-11)12-9-24(18,19)10-13(12)25(20,21)14-3-2-8-23-14/h2-3,8,11-13H,4-7,9-10H2,1H3/t12-,13-/m1/s1. The van der Waals surface area contributed by atoms with Gasteiger partial charge in [0.2, 0.25) is 0 Å². The fraction of sp³-hybridized carbons (Fsp3) is 0.667. The molecule has 2 saturated heterocycles. The predicted octanol–water partition coefficient (Wildman–Crippen LogP) is 0.572. The van der Waals surface area contributed by atoms with Gasteiger partial charge >= 0.3 is 5.97 Å². The lowest BCUT2D eigenvalue weighted by atomic mass is 9.95. The second kappa shape index (κ2) is 6.98. The molecule has 25 heavy (non-hydrogen) atoms. The zero-order valence-electron chi connectivity index (χ0n) is 13.8. The van der Waals surface area contributed by atoms with Crippen LogP contribution in [0.4, 0.5) is 0 Å². The highest BCUT2D eigenvalue weighted by Gasteiger charge is 2.49. The topological polar surface area (TPSA) is 97.8 Å². The fourth-order valence-electron chi connectivity index (χ4n) is 3.64. The third-order valence-electron chi connectivity index (χ3n) is 4.98. The number of sulfone groups is 2. The van der Waals surface area contributed by atoms with Gasteiger partial charge < -0.3 is 4.74 Å². The molecule has 2 fully saturated rings. The number of piperidine rings is 1. The third-order valence-corrected chi connectivity index (χ3v) is 10.5. The van der Waals surface area contributed by atoms with Crippen LogP contribution in [0.5, 0.6) is 0 Å². The van der Waals surface area contributed by atoms with Crippen molar-refractivity contribution in [1.29, 1.82) is 0 Å². The van der Waals surface area contributed by atoms with Crippen LogP contribution in [-0.4, -0.2) is 70.7 Å². The van der Waals surface area contributed by atoms with Crippen molar-refractivity contribution in [2.45, 2.75) is 28.3 Å². The minimum atomic E-state index is -3.69. The van der Waals surface area contributed by atoms with E-state index >= 15 is 0 Å². The van der Waals surface area contributed by atoms with Gasteiger partial charge in [-0.3, -0.25) is 9.69 Å². The number of rotatable bonds is 4. The summed E-state index contributed by atoms with van der Waals surface area (Å²) in [7, 11) is -5.75. The van der Waals surface area contributed by atoms with Crippen molar-refractivity contribution in [2.75, 3.05) is 31.7 Å². The first-order valence-electron chi connectivity index (χ1n) is 8.04. The summed E-state index contributed by atoms with van der Waals surface area (Å²) in [5, 5.41) is 0.721. The number of likely N-dealkylation sites (tertiary alicyclic amines) is 1. The van der Waals surface area contributed by atoms with Crippen molar-refractivity contribution in [3.05, 3.63) is 17.5 Å². The van der Waals surface area contributed by atoms with E-state index in [4.69, 9.17) is 4.74 Å². The van der Waals surface area contributed by atoms with E-state index in [2.05, 4.69) is 0 Å². The lowest BCUT2D eigenvalue weighted by Gasteiger charge is -2.36. The Bertz CT molecular complexity index is 823. The van der Waals surface area contributed by atoms with Gasteiger partial charge in [-0.2, -0.15) is 0 Å². The summed E-state index contributed by atoms with van der Waals surface area (Å²) in [4.78, 5) is 13.6. The molecule has 140 valence electrons. The minimum absolute atomic E-state index is 0.148. The molecule has 2 aliphatic heterocycles. The molecule has 0 radical (unpaired) electrons. The minimum Gasteiger partial charge on any atom is -0.469 e. The number of esters is 1. The quantitative estimate of drug-likeness (QED) is 0.673. The number of hydrogen-bond acceptors (Lipinski definition) is 8. The Morgan fingerprint density at radius 1 is 1.28 bits per heavy atom. The van der Waals surface area contributed by atoms with E-state index in [1.165, 1.54) is 13.2 Å². The molecule has 10 heteroatoms. The number of ether oxygens (including phenoxy) is 1. The Balaban J connectivity index is 1.81. The van der Waals surface area contributed by atoms with Gasteiger partial charge in [0, 0.05) is 6.04 Å². The highest BCUT2D eigenvalue weighted by Crippen LogP contribution is 2.33. The molecule has 1 aromatic rings. The number of carbonyl (C=O) groups is 1. The Kier molecular flexibility index (Phi) is 5.25. The molecule has 0 N–H and O–H groups in total. The molecule has 0 saturated carbocycles. The average molecular weight is 408 g/mol. The molecule has 0 amide bonds. The number of thiophene rings is 1. The average Bonchev–Trinajstić information content (AvgIpc) is 3.22. The maximum absolute atomic E-state index is 12.9. The highest BCUT2D eigenvalue weighted by molar-refractivity contribution is 7.97. The number of methoxy groups -OCH3 is 1. The second-order valence-electron chi connectivity index (χ2n) is 6.49. The van der Waals surface area contributed by atoms with Crippen molar-refractivity contribution in [3.63, 3.8) is 0 Å². The van der Waals surface area contributed by atoms with Gasteiger partial charge in [-0.15, -0.1) is 11.3 Å². The highest BCUT2D eigenvalue weighted by atomic mass is 32.2. The van der Waals surface area contributed by atoms with Gasteiger partial charge in [-0.05, 0) is 37.4 Å². The van der Waals surface area contributed by atoms with E-state index in [-0.39, 0.29) is 27.6 Å². The molecule has 0 aromatic carbocycles. The zero-order valence-corrected chi connectivity index (χ0v) is 16.3. The molecule has 1 aromatic heterocycles. The number of carbonyl (C=O) groups excluding carboxylic acids is 1. The normalized spacial score (nSPS) is 28.0. The summed E-state index contributed by atoms with van der Waals surface area (Å²) in [5.74, 6) is -0.951. The third kappa shape index (κ3) is 3.76. The summed E-state index contributed by atoms with van der Waals surface area (Å²) < 4.78 is 55.1. The van der Waals surface area contributed by atoms with Gasteiger partial charge in [0.15, 0.2) is 19.7 Å². The smallest absolute Gasteiger partial charge is 0.308 e. The van der Waals surface area contributed by atoms with E-state index < -0.39 is 31.0 Å². The Labute approximate surface area is 151 Å². The summed E-state index contributed by atoms with van der Waals surface area (Å²) >= 11 is 1.11. The number of nitrogens with zero attached hydrogens (tertiary/aromatic N) is 1. The van der Waals surface area contributed by atoms with Crippen LogP contribution in [0.1, 0.15) is 12.8 Å². The van der Waals surface area contributed by atoms with Crippen molar-refractivity contribution in [1.82, 2.24) is 4.90 Å². The molecule has 7 nitrogen and oxygen atoms in total. The summed E-state index contributed by atoms with van der Waals surface area (Å²) in [6, 6.07) is 2.61. The Morgan fingerprint density at radius 3 is 2.52 bits per heavy atom. The van der Waals surface area contributed by atoms with E-state index in [0.717, 1.165) is 11.3 Å². The monoisotopic (exact) mass is 407 g/mol. The van der Waals surface area contributed by atoms with Crippen molar-refractivity contribution in [2.24, 2.45) is 5.92 Å². The predicted molar refractivity (Wildman–Crippen MR) is 94.0 cm³/mol.